The Labute approximate surface area is 146 Å². The fourth-order valence-corrected chi connectivity index (χ4v) is 2.47. The van der Waals surface area contributed by atoms with Gasteiger partial charge in [-0.1, -0.05) is 23.7 Å². The second kappa shape index (κ2) is 7.84. The van der Waals surface area contributed by atoms with Gasteiger partial charge in [0, 0.05) is 17.6 Å². The van der Waals surface area contributed by atoms with Gasteiger partial charge in [-0.25, -0.2) is 0 Å². The van der Waals surface area contributed by atoms with Crippen LogP contribution in [0.5, 0.6) is 5.75 Å². The lowest BCUT2D eigenvalue weighted by Gasteiger charge is -2.23. The quantitative estimate of drug-likeness (QED) is 0.899. The van der Waals surface area contributed by atoms with Crippen LogP contribution in [0.25, 0.3) is 0 Å². The molecule has 1 N–H and O–H groups in total. The van der Waals surface area contributed by atoms with E-state index in [1.165, 1.54) is 18.9 Å². The van der Waals surface area contributed by atoms with E-state index < -0.39 is 0 Å². The van der Waals surface area contributed by atoms with Crippen molar-refractivity contribution in [3.05, 3.63) is 53.1 Å². The number of anilines is 2. The first kappa shape index (κ1) is 17.8. The Bertz CT molecular complexity index is 762. The molecule has 0 heterocycles. The summed E-state index contributed by atoms with van der Waals surface area (Å²) < 4.78 is 5.26. The molecule has 0 spiro atoms. The average Bonchev–Trinajstić information content (AvgIpc) is 2.52. The molecule has 0 fully saturated rings. The molecule has 0 saturated carbocycles. The second-order valence-corrected chi connectivity index (χ2v) is 5.78. The summed E-state index contributed by atoms with van der Waals surface area (Å²) in [6.07, 6.45) is 0. The van der Waals surface area contributed by atoms with Gasteiger partial charge in [0.1, 0.15) is 12.3 Å². The van der Waals surface area contributed by atoms with Crippen molar-refractivity contribution in [2.75, 3.05) is 23.9 Å². The Morgan fingerprint density at radius 1 is 1.21 bits per heavy atom. The molecule has 6 heteroatoms. The van der Waals surface area contributed by atoms with Crippen molar-refractivity contribution >= 4 is 34.8 Å². The molecule has 126 valence electrons. The minimum atomic E-state index is -0.308. The maximum atomic E-state index is 12.3. The Kier molecular flexibility index (Phi) is 5.82. The van der Waals surface area contributed by atoms with E-state index in [1.54, 1.807) is 24.3 Å². The van der Waals surface area contributed by atoms with E-state index in [0.717, 1.165) is 5.56 Å². The highest BCUT2D eigenvalue weighted by molar-refractivity contribution is 6.31. The third-order valence-electron chi connectivity index (χ3n) is 3.42. The fourth-order valence-electron chi connectivity index (χ4n) is 2.31. The van der Waals surface area contributed by atoms with E-state index in [0.29, 0.717) is 22.1 Å². The molecule has 0 aliphatic carbocycles. The highest BCUT2D eigenvalue weighted by atomic mass is 35.5. The summed E-state index contributed by atoms with van der Waals surface area (Å²) in [5.74, 6) is -0.120. The number of hydrogen-bond donors (Lipinski definition) is 1. The molecule has 0 bridgehead atoms. The molecule has 2 aromatic rings. The normalized spacial score (nSPS) is 10.2. The Morgan fingerprint density at radius 3 is 2.58 bits per heavy atom. The Hall–Kier alpha value is -2.53. The SMILES string of the molecule is COc1ccc(Cl)cc1N(CC(=O)Nc1cccc(C)c1)C(C)=O. The zero-order valence-corrected chi connectivity index (χ0v) is 14.6. The number of rotatable bonds is 5. The van der Waals surface area contributed by atoms with Crippen molar-refractivity contribution in [2.45, 2.75) is 13.8 Å². The van der Waals surface area contributed by atoms with Gasteiger partial charge in [0.25, 0.3) is 0 Å². The van der Waals surface area contributed by atoms with Gasteiger partial charge in [-0.05, 0) is 42.8 Å². The third kappa shape index (κ3) is 4.49. The standard InChI is InChI=1S/C18H19ClN2O3/c1-12-5-4-6-15(9-12)20-18(23)11-21(13(2)22)16-10-14(19)7-8-17(16)24-3/h4-10H,11H2,1-3H3,(H,20,23). The summed E-state index contributed by atoms with van der Waals surface area (Å²) in [7, 11) is 1.50. The van der Waals surface area contributed by atoms with Gasteiger partial charge in [-0.15, -0.1) is 0 Å². The first-order valence-electron chi connectivity index (χ1n) is 7.39. The minimum Gasteiger partial charge on any atom is -0.495 e. The zero-order valence-electron chi connectivity index (χ0n) is 13.8. The number of benzene rings is 2. The largest absolute Gasteiger partial charge is 0.495 e. The molecule has 2 aromatic carbocycles. The number of halogens is 1. The summed E-state index contributed by atoms with van der Waals surface area (Å²) in [6, 6.07) is 12.4. The van der Waals surface area contributed by atoms with Crippen LogP contribution in [0.15, 0.2) is 42.5 Å². The number of carbonyl (C=O) groups is 2. The molecular weight excluding hydrogens is 328 g/mol. The molecule has 2 amide bonds. The molecule has 0 aliphatic rings. The summed E-state index contributed by atoms with van der Waals surface area (Å²) in [5.41, 5.74) is 2.17. The summed E-state index contributed by atoms with van der Waals surface area (Å²) in [5, 5.41) is 3.24. The van der Waals surface area contributed by atoms with Crippen LogP contribution in [0.3, 0.4) is 0 Å². The number of carbonyl (C=O) groups excluding carboxylic acids is 2. The lowest BCUT2D eigenvalue weighted by molar-refractivity contribution is -0.120. The molecule has 0 unspecified atom stereocenters. The van der Waals surface area contributed by atoms with Crippen LogP contribution < -0.4 is 15.0 Å². The molecule has 0 saturated heterocycles. The van der Waals surface area contributed by atoms with Crippen molar-refractivity contribution in [1.82, 2.24) is 0 Å². The number of ether oxygens (including phenoxy) is 1. The topological polar surface area (TPSA) is 58.6 Å². The maximum Gasteiger partial charge on any atom is 0.244 e. The second-order valence-electron chi connectivity index (χ2n) is 5.34. The van der Waals surface area contributed by atoms with Gasteiger partial charge < -0.3 is 10.1 Å². The number of nitrogens with one attached hydrogen (secondary N) is 1. The van der Waals surface area contributed by atoms with Gasteiger partial charge in [0.2, 0.25) is 11.8 Å². The predicted octanol–water partition coefficient (Wildman–Crippen LogP) is 3.65. The zero-order chi connectivity index (χ0) is 17.7. The number of hydrogen-bond acceptors (Lipinski definition) is 3. The maximum absolute atomic E-state index is 12.3. The molecule has 2 rings (SSSR count). The van der Waals surface area contributed by atoms with Gasteiger partial charge in [0.05, 0.1) is 12.8 Å². The van der Waals surface area contributed by atoms with E-state index in [-0.39, 0.29) is 18.4 Å². The van der Waals surface area contributed by atoms with Crippen LogP contribution in [-0.2, 0) is 9.59 Å². The van der Waals surface area contributed by atoms with Gasteiger partial charge in [-0.3, -0.25) is 14.5 Å². The van der Waals surface area contributed by atoms with Gasteiger partial charge in [0.15, 0.2) is 0 Å². The molecule has 0 aliphatic heterocycles. The lowest BCUT2D eigenvalue weighted by atomic mass is 10.2. The van der Waals surface area contributed by atoms with E-state index in [1.807, 2.05) is 25.1 Å². The van der Waals surface area contributed by atoms with E-state index in [9.17, 15) is 9.59 Å². The predicted molar refractivity (Wildman–Crippen MR) is 95.8 cm³/mol. The Morgan fingerprint density at radius 2 is 1.96 bits per heavy atom. The summed E-state index contributed by atoms with van der Waals surface area (Å²) >= 11 is 6.01. The number of aryl methyl sites for hydroxylation is 1. The molecule has 5 nitrogen and oxygen atoms in total. The first-order valence-corrected chi connectivity index (χ1v) is 7.76. The number of amides is 2. The van der Waals surface area contributed by atoms with Crippen LogP contribution in [0.4, 0.5) is 11.4 Å². The highest BCUT2D eigenvalue weighted by Gasteiger charge is 2.20. The third-order valence-corrected chi connectivity index (χ3v) is 3.65. The van der Waals surface area contributed by atoms with Gasteiger partial charge >= 0.3 is 0 Å². The van der Waals surface area contributed by atoms with Crippen LogP contribution in [-0.4, -0.2) is 25.5 Å². The van der Waals surface area contributed by atoms with Crippen molar-refractivity contribution in [3.63, 3.8) is 0 Å². The average molecular weight is 347 g/mol. The summed E-state index contributed by atoms with van der Waals surface area (Å²) in [6.45, 7) is 3.19. The molecule has 0 aromatic heterocycles. The molecule has 0 radical (unpaired) electrons. The van der Waals surface area contributed by atoms with Crippen LogP contribution in [0.1, 0.15) is 12.5 Å². The molecular formula is C18H19ClN2O3. The van der Waals surface area contributed by atoms with Crippen molar-refractivity contribution in [1.29, 1.82) is 0 Å². The Balaban J connectivity index is 2.21. The molecule has 0 atom stereocenters. The van der Waals surface area contributed by atoms with E-state index in [4.69, 9.17) is 16.3 Å². The fraction of sp³-hybridized carbons (Fsp3) is 0.222. The van der Waals surface area contributed by atoms with Crippen molar-refractivity contribution in [3.8, 4) is 5.75 Å². The minimum absolute atomic E-state index is 0.139. The van der Waals surface area contributed by atoms with Crippen LogP contribution in [0.2, 0.25) is 5.02 Å². The van der Waals surface area contributed by atoms with Crippen LogP contribution >= 0.6 is 11.6 Å². The van der Waals surface area contributed by atoms with Gasteiger partial charge in [-0.2, -0.15) is 0 Å². The lowest BCUT2D eigenvalue weighted by Crippen LogP contribution is -2.36. The van der Waals surface area contributed by atoms with Crippen LogP contribution in [0, 0.1) is 6.92 Å². The van der Waals surface area contributed by atoms with Crippen molar-refractivity contribution in [2.24, 2.45) is 0 Å². The van der Waals surface area contributed by atoms with Crippen molar-refractivity contribution < 1.29 is 14.3 Å². The first-order chi connectivity index (χ1) is 11.4. The summed E-state index contributed by atoms with van der Waals surface area (Å²) in [4.78, 5) is 25.7. The number of nitrogens with zero attached hydrogens (tertiary/aromatic N) is 1. The van der Waals surface area contributed by atoms with E-state index >= 15 is 0 Å². The smallest absolute Gasteiger partial charge is 0.244 e. The van der Waals surface area contributed by atoms with E-state index in [2.05, 4.69) is 5.32 Å². The molecule has 24 heavy (non-hydrogen) atoms. The highest BCUT2D eigenvalue weighted by Crippen LogP contribution is 2.31. The monoisotopic (exact) mass is 346 g/mol. The number of methoxy groups -OCH3 is 1.